The normalized spacial score (nSPS) is 22.5. The number of anilines is 1. The predicted molar refractivity (Wildman–Crippen MR) is 104 cm³/mol. The molecule has 1 saturated heterocycles. The van der Waals surface area contributed by atoms with E-state index in [2.05, 4.69) is 15.2 Å². The first kappa shape index (κ1) is 19.2. The smallest absolute Gasteiger partial charge is 0.297 e. The van der Waals surface area contributed by atoms with Crippen LogP contribution in [0.15, 0.2) is 36.5 Å². The number of ether oxygens (including phenoxy) is 1. The van der Waals surface area contributed by atoms with Gasteiger partial charge < -0.3 is 9.64 Å². The average Bonchev–Trinajstić information content (AvgIpc) is 3.09. The Labute approximate surface area is 175 Å². The summed E-state index contributed by atoms with van der Waals surface area (Å²) in [5, 5.41) is 8.17. The zero-order valence-electron chi connectivity index (χ0n) is 15.9. The maximum absolute atomic E-state index is 13.6. The summed E-state index contributed by atoms with van der Waals surface area (Å²) in [6.45, 7) is 1.16. The maximum Gasteiger partial charge on any atom is 0.297 e. The fourth-order valence-electron chi connectivity index (χ4n) is 4.45. The summed E-state index contributed by atoms with van der Waals surface area (Å²) in [6, 6.07) is 7.64. The number of hydrogen-bond donors (Lipinski definition) is 0. The van der Waals surface area contributed by atoms with Gasteiger partial charge in [0.1, 0.15) is 5.82 Å². The molecule has 156 valence electrons. The molecule has 0 unspecified atom stereocenters. The van der Waals surface area contributed by atoms with E-state index in [1.54, 1.807) is 18.2 Å². The first-order chi connectivity index (χ1) is 14.4. The molecule has 1 aliphatic heterocycles. The van der Waals surface area contributed by atoms with Crippen molar-refractivity contribution in [3.63, 3.8) is 0 Å². The third-order valence-electron chi connectivity index (χ3n) is 5.95. The average molecular weight is 436 g/mol. The standard InChI is InChI=1S/C20H17ClF3N5O/c1-30-16-5-3-13(8-25-16)29-18(17(23)24)26-27-19(29)28-9-11-7-20(11,10-28)14-4-2-12(22)6-15(14)21/h2-6,8,11,17H,7,9-10H2,1H3/t11-,20-/m0/s1. The fraction of sp³-hybridized carbons (Fsp3) is 0.350. The summed E-state index contributed by atoms with van der Waals surface area (Å²) >= 11 is 6.31. The van der Waals surface area contributed by atoms with Gasteiger partial charge in [-0.15, -0.1) is 10.2 Å². The first-order valence-electron chi connectivity index (χ1n) is 9.37. The molecular formula is C20H17ClF3N5O. The van der Waals surface area contributed by atoms with E-state index >= 15 is 0 Å². The maximum atomic E-state index is 13.6. The van der Waals surface area contributed by atoms with Crippen LogP contribution < -0.4 is 9.64 Å². The number of hydrogen-bond acceptors (Lipinski definition) is 5. The molecule has 3 heterocycles. The molecule has 10 heteroatoms. The molecule has 0 spiro atoms. The van der Waals surface area contributed by atoms with Crippen LogP contribution in [0.4, 0.5) is 19.1 Å². The Morgan fingerprint density at radius 2 is 2.07 bits per heavy atom. The van der Waals surface area contributed by atoms with Gasteiger partial charge in [-0.2, -0.15) is 0 Å². The van der Waals surface area contributed by atoms with Gasteiger partial charge in [0.25, 0.3) is 6.43 Å². The number of halogens is 4. The van der Waals surface area contributed by atoms with Crippen molar-refractivity contribution in [3.8, 4) is 11.6 Å². The van der Waals surface area contributed by atoms with Crippen molar-refractivity contribution in [1.82, 2.24) is 19.7 Å². The highest BCUT2D eigenvalue weighted by molar-refractivity contribution is 6.31. The molecule has 30 heavy (non-hydrogen) atoms. The lowest BCUT2D eigenvalue weighted by Gasteiger charge is -2.23. The largest absolute Gasteiger partial charge is 0.481 e. The van der Waals surface area contributed by atoms with Gasteiger partial charge >= 0.3 is 0 Å². The zero-order chi connectivity index (χ0) is 21.0. The van der Waals surface area contributed by atoms with Crippen LogP contribution >= 0.6 is 11.6 Å². The lowest BCUT2D eigenvalue weighted by Crippen LogP contribution is -2.29. The van der Waals surface area contributed by atoms with Gasteiger partial charge in [0.15, 0.2) is 0 Å². The highest BCUT2D eigenvalue weighted by Gasteiger charge is 2.62. The Hall–Kier alpha value is -2.81. The minimum absolute atomic E-state index is 0.231. The van der Waals surface area contributed by atoms with Crippen molar-refractivity contribution < 1.29 is 17.9 Å². The third-order valence-corrected chi connectivity index (χ3v) is 6.26. The molecule has 2 fully saturated rings. The minimum atomic E-state index is -2.80. The van der Waals surface area contributed by atoms with Crippen molar-refractivity contribution >= 4 is 17.5 Å². The lowest BCUT2D eigenvalue weighted by molar-refractivity contribution is 0.138. The lowest BCUT2D eigenvalue weighted by atomic mass is 9.95. The molecule has 0 radical (unpaired) electrons. The van der Waals surface area contributed by atoms with Crippen molar-refractivity contribution in [1.29, 1.82) is 0 Å². The van der Waals surface area contributed by atoms with Crippen LogP contribution in [0.3, 0.4) is 0 Å². The summed E-state index contributed by atoms with van der Waals surface area (Å²) in [4.78, 5) is 6.04. The Bertz CT molecular complexity index is 1110. The Morgan fingerprint density at radius 3 is 2.73 bits per heavy atom. The molecule has 5 rings (SSSR count). The molecule has 0 N–H and O–H groups in total. The van der Waals surface area contributed by atoms with Crippen LogP contribution in [0.2, 0.25) is 5.02 Å². The van der Waals surface area contributed by atoms with E-state index < -0.39 is 12.2 Å². The summed E-state index contributed by atoms with van der Waals surface area (Å²) in [7, 11) is 1.48. The van der Waals surface area contributed by atoms with Crippen molar-refractivity contribution in [2.24, 2.45) is 5.92 Å². The van der Waals surface area contributed by atoms with Gasteiger partial charge in [-0.25, -0.2) is 18.2 Å². The van der Waals surface area contributed by atoms with E-state index in [-0.39, 0.29) is 17.2 Å². The van der Waals surface area contributed by atoms with Gasteiger partial charge in [0.2, 0.25) is 17.7 Å². The van der Waals surface area contributed by atoms with Gasteiger partial charge in [-0.3, -0.25) is 4.57 Å². The van der Waals surface area contributed by atoms with E-state index in [4.69, 9.17) is 16.3 Å². The SMILES string of the molecule is COc1ccc(-n2c(C(F)F)nnc2N2C[C@@H]3C[C@]3(c3ccc(F)cc3Cl)C2)cn1. The van der Waals surface area contributed by atoms with Crippen LogP contribution in [0.25, 0.3) is 5.69 Å². The molecule has 0 bridgehead atoms. The third kappa shape index (κ3) is 2.91. The highest BCUT2D eigenvalue weighted by Crippen LogP contribution is 2.60. The van der Waals surface area contributed by atoms with Gasteiger partial charge in [-0.1, -0.05) is 17.7 Å². The number of rotatable bonds is 5. The van der Waals surface area contributed by atoms with Gasteiger partial charge in [0.05, 0.1) is 19.0 Å². The molecule has 1 aliphatic carbocycles. The molecule has 2 aromatic heterocycles. The van der Waals surface area contributed by atoms with Crippen LogP contribution in [-0.4, -0.2) is 39.9 Å². The molecule has 3 aromatic rings. The van der Waals surface area contributed by atoms with Crippen LogP contribution in [0.5, 0.6) is 5.88 Å². The number of methoxy groups -OCH3 is 1. The van der Waals surface area contributed by atoms with E-state index in [1.807, 2.05) is 4.90 Å². The van der Waals surface area contributed by atoms with Gasteiger partial charge in [0, 0.05) is 29.6 Å². The Morgan fingerprint density at radius 1 is 1.23 bits per heavy atom. The number of benzene rings is 1. The molecular weight excluding hydrogens is 419 g/mol. The minimum Gasteiger partial charge on any atom is -0.481 e. The Balaban J connectivity index is 1.51. The quantitative estimate of drug-likeness (QED) is 0.602. The van der Waals surface area contributed by atoms with Crippen LogP contribution in [0, 0.1) is 11.7 Å². The molecule has 2 aliphatic rings. The summed E-state index contributed by atoms with van der Waals surface area (Å²) in [5.74, 6) is 0.142. The van der Waals surface area contributed by atoms with Crippen LogP contribution in [0.1, 0.15) is 24.2 Å². The Kier molecular flexibility index (Phi) is 4.39. The topological polar surface area (TPSA) is 56.1 Å². The number of aromatic nitrogens is 4. The predicted octanol–water partition coefficient (Wildman–Crippen LogP) is 4.18. The summed E-state index contributed by atoms with van der Waals surface area (Å²) < 4.78 is 47.1. The van der Waals surface area contributed by atoms with Crippen molar-refractivity contribution in [3.05, 3.63) is 58.8 Å². The second kappa shape index (κ2) is 6.87. The highest BCUT2D eigenvalue weighted by atomic mass is 35.5. The fourth-order valence-corrected chi connectivity index (χ4v) is 4.81. The molecule has 2 atom stereocenters. The molecule has 1 aromatic carbocycles. The number of fused-ring (bicyclic) bond motifs is 1. The molecule has 6 nitrogen and oxygen atoms in total. The summed E-state index contributed by atoms with van der Waals surface area (Å²) in [5.41, 5.74) is 1.06. The van der Waals surface area contributed by atoms with Gasteiger partial charge in [-0.05, 0) is 36.1 Å². The zero-order valence-corrected chi connectivity index (χ0v) is 16.7. The number of alkyl halides is 2. The van der Waals surface area contributed by atoms with E-state index in [1.165, 1.54) is 30.0 Å². The molecule has 1 saturated carbocycles. The number of pyridine rings is 1. The molecule has 0 amide bonds. The number of nitrogens with zero attached hydrogens (tertiary/aromatic N) is 5. The van der Waals surface area contributed by atoms with E-state index in [9.17, 15) is 13.2 Å². The van der Waals surface area contributed by atoms with E-state index in [0.717, 1.165) is 12.0 Å². The van der Waals surface area contributed by atoms with Crippen molar-refractivity contribution in [2.75, 3.05) is 25.1 Å². The van der Waals surface area contributed by atoms with Crippen molar-refractivity contribution in [2.45, 2.75) is 18.3 Å². The number of piperidine rings is 1. The van der Waals surface area contributed by atoms with Crippen LogP contribution in [-0.2, 0) is 5.41 Å². The second-order valence-electron chi connectivity index (χ2n) is 7.61. The van der Waals surface area contributed by atoms with E-state index in [0.29, 0.717) is 35.6 Å². The monoisotopic (exact) mass is 435 g/mol. The summed E-state index contributed by atoms with van der Waals surface area (Å²) in [6.07, 6.45) is -0.443. The second-order valence-corrected chi connectivity index (χ2v) is 8.02. The first-order valence-corrected chi connectivity index (χ1v) is 9.75.